The third-order valence-corrected chi connectivity index (χ3v) is 6.24. The van der Waals surface area contributed by atoms with Gasteiger partial charge in [-0.2, -0.15) is 25.5 Å². The molecule has 0 saturated carbocycles. The van der Waals surface area contributed by atoms with Crippen LogP contribution in [0.1, 0.15) is 94.2 Å². The molecule has 4 rings (SSSR count). The van der Waals surface area contributed by atoms with E-state index in [0.717, 1.165) is 0 Å². The number of hydrogen-bond acceptors (Lipinski definition) is 0. The summed E-state index contributed by atoms with van der Waals surface area (Å²) in [5, 5.41) is 5.49. The molecule has 1 atom stereocenters. The van der Waals surface area contributed by atoms with E-state index in [9.17, 15) is 0 Å². The van der Waals surface area contributed by atoms with E-state index < -0.39 is 0 Å². The Morgan fingerprint density at radius 1 is 0.703 bits per heavy atom. The molecule has 3 heteroatoms. The van der Waals surface area contributed by atoms with E-state index in [2.05, 4.69) is 130 Å². The first kappa shape index (κ1) is 38.4. The maximum atomic E-state index is 3.26. The summed E-state index contributed by atoms with van der Waals surface area (Å²) in [6.45, 7) is 26.5. The Bertz CT molecular complexity index is 1090. The summed E-state index contributed by atoms with van der Waals surface area (Å²) in [6.07, 6.45) is 9.65. The van der Waals surface area contributed by atoms with Gasteiger partial charge in [-0.1, -0.05) is 116 Å². The van der Waals surface area contributed by atoms with Gasteiger partial charge in [0.25, 0.3) is 0 Å². The van der Waals surface area contributed by atoms with Gasteiger partial charge in [0, 0.05) is 0 Å². The maximum absolute atomic E-state index is 3.26. The third-order valence-electron chi connectivity index (χ3n) is 6.24. The molecule has 0 heterocycles. The van der Waals surface area contributed by atoms with Crippen LogP contribution in [-0.2, 0) is 37.0 Å². The molecule has 1 aliphatic rings. The monoisotopic (exact) mass is 615 g/mol. The van der Waals surface area contributed by atoms with Crippen LogP contribution in [-0.4, -0.2) is 0 Å². The molecule has 3 aromatic rings. The molecule has 0 aliphatic heterocycles. The number of hydrogen-bond donors (Lipinski definition) is 0. The predicted molar refractivity (Wildman–Crippen MR) is 155 cm³/mol. The van der Waals surface area contributed by atoms with Gasteiger partial charge in [0.1, 0.15) is 0 Å². The van der Waals surface area contributed by atoms with Crippen molar-refractivity contribution in [2.45, 2.75) is 93.9 Å². The molecule has 0 spiro atoms. The van der Waals surface area contributed by atoms with Crippen LogP contribution in [0.5, 0.6) is 0 Å². The number of allylic oxidation sites excluding steroid dienone is 4. The zero-order valence-electron chi connectivity index (χ0n) is 25.1. The van der Waals surface area contributed by atoms with E-state index in [1.165, 1.54) is 38.2 Å². The fourth-order valence-electron chi connectivity index (χ4n) is 3.98. The molecule has 0 aromatic heterocycles. The number of rotatable bonds is 0. The predicted octanol–water partition coefficient (Wildman–Crippen LogP) is 4.51. The molecule has 204 valence electrons. The number of fused-ring (bicyclic) bond motifs is 3. The summed E-state index contributed by atoms with van der Waals surface area (Å²) in [4.78, 5) is 0. The van der Waals surface area contributed by atoms with Crippen LogP contribution in [0.15, 0.2) is 60.2 Å². The van der Waals surface area contributed by atoms with E-state index >= 15 is 0 Å². The van der Waals surface area contributed by atoms with Gasteiger partial charge in [0.15, 0.2) is 0 Å². The maximum Gasteiger partial charge on any atom is 2.00 e. The van der Waals surface area contributed by atoms with Crippen LogP contribution in [0.25, 0.3) is 21.5 Å². The smallest absolute Gasteiger partial charge is 1.00 e. The molecule has 37 heavy (non-hydrogen) atoms. The molecule has 0 fully saturated rings. The van der Waals surface area contributed by atoms with E-state index in [1.807, 2.05) is 20.3 Å². The zero-order valence-corrected chi connectivity index (χ0v) is 29.1. The van der Waals surface area contributed by atoms with Gasteiger partial charge in [-0.25, -0.2) is 6.08 Å². The van der Waals surface area contributed by atoms with E-state index in [4.69, 9.17) is 0 Å². The summed E-state index contributed by atoms with van der Waals surface area (Å²) in [6, 6.07) is 16.1. The van der Waals surface area contributed by atoms with Crippen molar-refractivity contribution >= 4 is 21.5 Å². The molecule has 3 aromatic carbocycles. The van der Waals surface area contributed by atoms with Gasteiger partial charge in [0.2, 0.25) is 0 Å². The fourth-order valence-corrected chi connectivity index (χ4v) is 3.98. The molecular weight excluding hydrogens is 571 g/mol. The van der Waals surface area contributed by atoms with Gasteiger partial charge in [-0.15, -0.1) is 39.7 Å². The SMILES string of the molecule is CC(C)(C)c1ccc2[cH-]c3ccc(C(C)(C)C)cc3c2c1.CC1[C-]=CC(C(C)(C)C)=C1.C[CH-]C.[Cl-].[Cl-].[Zr+2]. The minimum atomic E-state index is 0. The van der Waals surface area contributed by atoms with Crippen molar-refractivity contribution in [1.29, 1.82) is 0 Å². The summed E-state index contributed by atoms with van der Waals surface area (Å²) in [7, 11) is 0. The Balaban J connectivity index is 0. The van der Waals surface area contributed by atoms with Gasteiger partial charge in [-0.05, 0) is 10.8 Å². The van der Waals surface area contributed by atoms with Crippen LogP contribution < -0.4 is 24.8 Å². The summed E-state index contributed by atoms with van der Waals surface area (Å²) >= 11 is 0. The molecule has 0 bridgehead atoms. The summed E-state index contributed by atoms with van der Waals surface area (Å²) in [5.41, 5.74) is 4.92. The normalized spacial score (nSPS) is 14.8. The van der Waals surface area contributed by atoms with Crippen molar-refractivity contribution in [2.24, 2.45) is 11.3 Å². The second kappa shape index (κ2) is 15.1. The molecular formula is C34H47Cl2Zr-3. The molecule has 1 aliphatic carbocycles. The Labute approximate surface area is 260 Å². The Morgan fingerprint density at radius 3 is 1.32 bits per heavy atom. The minimum absolute atomic E-state index is 0. The van der Waals surface area contributed by atoms with Crippen LogP contribution in [0.2, 0.25) is 0 Å². The molecule has 0 saturated heterocycles. The second-order valence-electron chi connectivity index (χ2n) is 12.8. The summed E-state index contributed by atoms with van der Waals surface area (Å²) in [5.74, 6) is 0.522. The van der Waals surface area contributed by atoms with Crippen LogP contribution in [0, 0.1) is 23.8 Å². The van der Waals surface area contributed by atoms with Crippen molar-refractivity contribution in [3.8, 4) is 0 Å². The van der Waals surface area contributed by atoms with E-state index in [0.29, 0.717) is 11.3 Å². The van der Waals surface area contributed by atoms with Crippen molar-refractivity contribution in [3.63, 3.8) is 0 Å². The van der Waals surface area contributed by atoms with Crippen molar-refractivity contribution < 1.29 is 51.0 Å². The van der Waals surface area contributed by atoms with Gasteiger partial charge >= 0.3 is 26.2 Å². The molecule has 0 radical (unpaired) electrons. The first-order chi connectivity index (χ1) is 15.6. The van der Waals surface area contributed by atoms with Crippen molar-refractivity contribution in [1.82, 2.24) is 0 Å². The summed E-state index contributed by atoms with van der Waals surface area (Å²) < 4.78 is 0. The third kappa shape index (κ3) is 10.7. The largest absolute Gasteiger partial charge is 2.00 e. The van der Waals surface area contributed by atoms with E-state index in [-0.39, 0.29) is 61.8 Å². The molecule has 0 amide bonds. The average molecular weight is 618 g/mol. The van der Waals surface area contributed by atoms with Crippen molar-refractivity contribution in [3.05, 3.63) is 83.8 Å². The first-order valence-electron chi connectivity index (χ1n) is 12.8. The molecule has 0 N–H and O–H groups in total. The zero-order chi connectivity index (χ0) is 25.9. The Hall–Kier alpha value is -0.747. The quantitative estimate of drug-likeness (QED) is 0.326. The van der Waals surface area contributed by atoms with E-state index in [1.54, 1.807) is 0 Å². The van der Waals surface area contributed by atoms with Gasteiger partial charge < -0.3 is 31.2 Å². The number of halogens is 2. The van der Waals surface area contributed by atoms with Gasteiger partial charge in [-0.3, -0.25) is 6.08 Å². The molecule has 0 nitrogen and oxygen atoms in total. The Morgan fingerprint density at radius 2 is 1.08 bits per heavy atom. The first-order valence-corrected chi connectivity index (χ1v) is 12.8. The number of benzene rings is 2. The minimum Gasteiger partial charge on any atom is -1.00 e. The average Bonchev–Trinajstić information content (AvgIpc) is 3.30. The van der Waals surface area contributed by atoms with Crippen LogP contribution >= 0.6 is 0 Å². The second-order valence-corrected chi connectivity index (χ2v) is 12.8. The van der Waals surface area contributed by atoms with Crippen LogP contribution in [0.3, 0.4) is 0 Å². The van der Waals surface area contributed by atoms with Crippen LogP contribution in [0.4, 0.5) is 0 Å². The van der Waals surface area contributed by atoms with Crippen molar-refractivity contribution in [2.75, 3.05) is 0 Å². The fraction of sp³-hybridized carbons (Fsp3) is 0.471. The standard InChI is InChI=1S/C21H25.C10H15.C3H7.2ClH.Zr/c1-20(2,3)16-9-7-14-11-15-8-10-17(21(4,5)6)13-19(15)18(14)12-16;1-8-5-6-9(7-8)10(2,3)4;1-3-2;;;/h7-13H,1-6H3;6-8H,1-4H3;3H,1-2H3;2*1H;/q3*-1;;;+2/p-2. The Kier molecular flexibility index (Phi) is 15.7. The topological polar surface area (TPSA) is 0 Å². The van der Waals surface area contributed by atoms with Gasteiger partial charge in [0.05, 0.1) is 0 Å². The molecule has 1 unspecified atom stereocenters.